The maximum Gasteiger partial charge on any atom is 0.327 e. The van der Waals surface area contributed by atoms with Crippen molar-refractivity contribution < 1.29 is 24.2 Å². The van der Waals surface area contributed by atoms with E-state index < -0.39 is 33.8 Å². The van der Waals surface area contributed by atoms with E-state index in [1.807, 2.05) is 30.3 Å². The number of aliphatic carboxylic acids is 1. The highest BCUT2D eigenvalue weighted by molar-refractivity contribution is 8.01. The van der Waals surface area contributed by atoms with Gasteiger partial charge in [-0.05, 0) is 19.4 Å². The zero-order valence-corrected chi connectivity index (χ0v) is 15.0. The van der Waals surface area contributed by atoms with Crippen LogP contribution in [0.1, 0.15) is 19.4 Å². The highest BCUT2D eigenvalue weighted by atomic mass is 32.2. The van der Waals surface area contributed by atoms with E-state index in [0.717, 1.165) is 5.56 Å². The van der Waals surface area contributed by atoms with E-state index in [2.05, 4.69) is 5.32 Å². The molecule has 134 valence electrons. The van der Waals surface area contributed by atoms with Crippen LogP contribution in [-0.4, -0.2) is 56.8 Å². The zero-order valence-electron chi connectivity index (χ0n) is 14.2. The lowest BCUT2D eigenvalue weighted by Gasteiger charge is -2.51. The molecular formula is C17H20N2O5S. The summed E-state index contributed by atoms with van der Waals surface area (Å²) in [7, 11) is 1.35. The van der Waals surface area contributed by atoms with Gasteiger partial charge in [-0.25, -0.2) is 4.79 Å². The van der Waals surface area contributed by atoms with Crippen molar-refractivity contribution in [2.75, 3.05) is 7.11 Å². The molecule has 7 nitrogen and oxygen atoms in total. The summed E-state index contributed by atoms with van der Waals surface area (Å²) in [6.45, 7) is 3.54. The molecule has 2 amide bonds. The molecule has 0 bridgehead atoms. The molecule has 0 aromatic heterocycles. The van der Waals surface area contributed by atoms with Gasteiger partial charge in [-0.15, -0.1) is 11.8 Å². The van der Waals surface area contributed by atoms with Crippen LogP contribution in [0.25, 0.3) is 0 Å². The lowest BCUT2D eigenvalue weighted by Crippen LogP contribution is -2.80. The van der Waals surface area contributed by atoms with Gasteiger partial charge in [0.1, 0.15) is 11.4 Å². The minimum atomic E-state index is -1.52. The molecule has 1 aromatic carbocycles. The number of carbonyl (C=O) groups is 3. The predicted molar refractivity (Wildman–Crippen MR) is 91.8 cm³/mol. The summed E-state index contributed by atoms with van der Waals surface area (Å²) in [5, 5.41) is 11.6. The number of nitrogens with zero attached hydrogens (tertiary/aromatic N) is 1. The van der Waals surface area contributed by atoms with Crippen LogP contribution in [0.15, 0.2) is 30.3 Å². The van der Waals surface area contributed by atoms with E-state index >= 15 is 0 Å². The zero-order chi connectivity index (χ0) is 18.4. The standard InChI is InChI=1S/C17H20N2O5S/c1-16(2)12(13(21)22)19-14(23)17(24-3,15(19)25-16)18-11(20)9-10-7-5-4-6-8-10/h4-8,12,15H,9H2,1-3H3,(H,18,20)(H,21,22)/t12-,15+,17?/m0/s1. The number of methoxy groups -OCH3 is 1. The van der Waals surface area contributed by atoms with Crippen molar-refractivity contribution in [3.63, 3.8) is 0 Å². The van der Waals surface area contributed by atoms with Crippen molar-refractivity contribution >= 4 is 29.5 Å². The first-order chi connectivity index (χ1) is 11.7. The Bertz CT molecular complexity index is 723. The molecule has 2 fully saturated rings. The van der Waals surface area contributed by atoms with Gasteiger partial charge in [-0.2, -0.15) is 0 Å². The van der Waals surface area contributed by atoms with Gasteiger partial charge < -0.3 is 20.1 Å². The molecule has 8 heteroatoms. The van der Waals surface area contributed by atoms with Crippen LogP contribution in [0.4, 0.5) is 0 Å². The number of rotatable bonds is 5. The Hall–Kier alpha value is -2.06. The first-order valence-corrected chi connectivity index (χ1v) is 8.74. The fourth-order valence-corrected chi connectivity index (χ4v) is 5.09. The van der Waals surface area contributed by atoms with Gasteiger partial charge >= 0.3 is 5.97 Å². The third-order valence-electron chi connectivity index (χ3n) is 4.59. The number of nitrogens with one attached hydrogen (secondary N) is 1. The third-order valence-corrected chi connectivity index (χ3v) is 6.21. The van der Waals surface area contributed by atoms with Gasteiger partial charge in [0, 0.05) is 11.9 Å². The monoisotopic (exact) mass is 364 g/mol. The van der Waals surface area contributed by atoms with Crippen LogP contribution in [0, 0.1) is 0 Å². The molecular weight excluding hydrogens is 344 g/mol. The van der Waals surface area contributed by atoms with E-state index in [9.17, 15) is 19.5 Å². The average Bonchev–Trinajstić information content (AvgIpc) is 2.82. The quantitative estimate of drug-likeness (QED) is 0.594. The lowest BCUT2D eigenvalue weighted by atomic mass is 9.93. The Morgan fingerprint density at radius 3 is 2.52 bits per heavy atom. The van der Waals surface area contributed by atoms with Crippen molar-refractivity contribution in [1.82, 2.24) is 10.2 Å². The summed E-state index contributed by atoms with van der Waals surface area (Å²) in [6, 6.07) is 8.21. The van der Waals surface area contributed by atoms with Crippen LogP contribution in [0.3, 0.4) is 0 Å². The number of amides is 2. The molecule has 1 unspecified atom stereocenters. The normalized spacial score (nSPS) is 29.7. The summed E-state index contributed by atoms with van der Waals surface area (Å²) in [5.41, 5.74) is -0.699. The van der Waals surface area contributed by atoms with Gasteiger partial charge in [-0.3, -0.25) is 9.59 Å². The largest absolute Gasteiger partial charge is 0.480 e. The maximum absolute atomic E-state index is 12.7. The Morgan fingerprint density at radius 1 is 1.32 bits per heavy atom. The molecule has 2 aliphatic rings. The smallest absolute Gasteiger partial charge is 0.327 e. The molecule has 2 heterocycles. The fourth-order valence-electron chi connectivity index (χ4n) is 3.42. The van der Waals surface area contributed by atoms with Crippen molar-refractivity contribution in [2.45, 2.75) is 42.2 Å². The van der Waals surface area contributed by atoms with Gasteiger partial charge in [0.25, 0.3) is 11.6 Å². The number of fused-ring (bicyclic) bond motifs is 1. The van der Waals surface area contributed by atoms with Crippen LogP contribution >= 0.6 is 11.8 Å². The minimum absolute atomic E-state index is 0.113. The summed E-state index contributed by atoms with van der Waals surface area (Å²) in [6.07, 6.45) is 0.113. The van der Waals surface area contributed by atoms with Crippen molar-refractivity contribution in [2.24, 2.45) is 0 Å². The summed E-state index contributed by atoms with van der Waals surface area (Å²) >= 11 is 1.32. The number of carboxylic acid groups (broad SMARTS) is 1. The van der Waals surface area contributed by atoms with Gasteiger partial charge in [-0.1, -0.05) is 30.3 Å². The second-order valence-corrected chi connectivity index (χ2v) is 8.41. The molecule has 0 aliphatic carbocycles. The Labute approximate surface area is 149 Å². The van der Waals surface area contributed by atoms with Crippen LogP contribution < -0.4 is 5.32 Å². The third kappa shape index (κ3) is 2.69. The second kappa shape index (κ2) is 6.03. The number of ether oxygens (including phenoxy) is 1. The molecule has 1 aromatic rings. The van der Waals surface area contributed by atoms with E-state index in [1.54, 1.807) is 13.8 Å². The highest BCUT2D eigenvalue weighted by Crippen LogP contribution is 2.55. The Morgan fingerprint density at radius 2 is 1.96 bits per heavy atom. The Balaban J connectivity index is 1.80. The second-order valence-electron chi connectivity index (χ2n) is 6.68. The van der Waals surface area contributed by atoms with Crippen molar-refractivity contribution in [3.05, 3.63) is 35.9 Å². The highest BCUT2D eigenvalue weighted by Gasteiger charge is 2.73. The lowest BCUT2D eigenvalue weighted by molar-refractivity contribution is -0.201. The summed E-state index contributed by atoms with van der Waals surface area (Å²) in [4.78, 5) is 38.0. The molecule has 0 saturated carbocycles. The van der Waals surface area contributed by atoms with E-state index in [4.69, 9.17) is 4.74 Å². The molecule has 0 radical (unpaired) electrons. The predicted octanol–water partition coefficient (Wildman–Crippen LogP) is 0.835. The molecule has 3 atom stereocenters. The average molecular weight is 364 g/mol. The molecule has 25 heavy (non-hydrogen) atoms. The van der Waals surface area contributed by atoms with Gasteiger partial charge in [0.05, 0.1) is 6.42 Å². The van der Waals surface area contributed by atoms with Crippen LogP contribution in [0.2, 0.25) is 0 Å². The topological polar surface area (TPSA) is 95.9 Å². The Kier molecular flexibility index (Phi) is 4.28. The van der Waals surface area contributed by atoms with E-state index in [1.165, 1.54) is 23.8 Å². The molecule has 2 saturated heterocycles. The molecule has 2 N–H and O–H groups in total. The number of thioether (sulfide) groups is 1. The number of hydrogen-bond donors (Lipinski definition) is 2. The maximum atomic E-state index is 12.7. The first kappa shape index (κ1) is 17.8. The van der Waals surface area contributed by atoms with Gasteiger partial charge in [0.2, 0.25) is 5.91 Å². The number of β-lactam (4-membered cyclic amide) rings is 1. The number of carbonyl (C=O) groups excluding carboxylic acids is 2. The van der Waals surface area contributed by atoms with E-state index in [0.29, 0.717) is 0 Å². The van der Waals surface area contributed by atoms with Crippen LogP contribution in [-0.2, 0) is 25.5 Å². The summed E-state index contributed by atoms with van der Waals surface area (Å²) < 4.78 is 4.71. The van der Waals surface area contributed by atoms with Gasteiger partial charge in [0.15, 0.2) is 0 Å². The number of benzene rings is 1. The van der Waals surface area contributed by atoms with Crippen LogP contribution in [0.5, 0.6) is 0 Å². The fraction of sp³-hybridized carbons (Fsp3) is 0.471. The summed E-state index contributed by atoms with van der Waals surface area (Å²) in [5.74, 6) is -1.93. The molecule has 2 aliphatic heterocycles. The number of carboxylic acids is 1. The minimum Gasteiger partial charge on any atom is -0.480 e. The molecule has 0 spiro atoms. The molecule has 3 rings (SSSR count). The van der Waals surface area contributed by atoms with Crippen molar-refractivity contribution in [1.29, 1.82) is 0 Å². The first-order valence-electron chi connectivity index (χ1n) is 7.86. The van der Waals surface area contributed by atoms with E-state index in [-0.39, 0.29) is 12.3 Å². The SMILES string of the molecule is COC1(NC(=O)Cc2ccccc2)C(=O)N2[C@@H](C(=O)O)C(C)(C)S[C@@H]21. The van der Waals surface area contributed by atoms with Crippen molar-refractivity contribution in [3.8, 4) is 0 Å². The number of hydrogen-bond acceptors (Lipinski definition) is 5.